The molecule has 0 aliphatic carbocycles. The Morgan fingerprint density at radius 2 is 2.16 bits per heavy atom. The molecular weight excluding hydrogens is 240 g/mol. The average molecular weight is 254 g/mol. The van der Waals surface area contributed by atoms with Crippen LogP contribution in [-0.2, 0) is 0 Å². The van der Waals surface area contributed by atoms with Crippen molar-refractivity contribution in [2.75, 3.05) is 19.7 Å². The molecular formula is C14H14N4O. The van der Waals surface area contributed by atoms with Crippen molar-refractivity contribution < 1.29 is 4.74 Å². The Morgan fingerprint density at radius 3 is 2.95 bits per heavy atom. The summed E-state index contributed by atoms with van der Waals surface area (Å²) in [5.74, 6) is 1.70. The van der Waals surface area contributed by atoms with Crippen LogP contribution >= 0.6 is 0 Å². The van der Waals surface area contributed by atoms with E-state index >= 15 is 0 Å². The summed E-state index contributed by atoms with van der Waals surface area (Å²) in [6.07, 6.45) is 3.26. The zero-order chi connectivity index (χ0) is 12.9. The molecule has 0 fully saturated rings. The van der Waals surface area contributed by atoms with Gasteiger partial charge in [-0.05, 0) is 18.2 Å². The maximum absolute atomic E-state index is 5.82. The molecule has 0 spiro atoms. The van der Waals surface area contributed by atoms with E-state index in [-0.39, 0.29) is 0 Å². The van der Waals surface area contributed by atoms with Crippen molar-refractivity contribution in [3.05, 3.63) is 42.9 Å². The lowest BCUT2D eigenvalue weighted by Crippen LogP contribution is -2.25. The highest BCUT2D eigenvalue weighted by Crippen LogP contribution is 2.27. The van der Waals surface area contributed by atoms with Crippen LogP contribution in [0.1, 0.15) is 0 Å². The summed E-state index contributed by atoms with van der Waals surface area (Å²) in [7, 11) is 0. The fourth-order valence-electron chi connectivity index (χ4n) is 1.94. The van der Waals surface area contributed by atoms with E-state index in [1.165, 1.54) is 6.33 Å². The van der Waals surface area contributed by atoms with E-state index in [1.54, 1.807) is 6.20 Å². The summed E-state index contributed by atoms with van der Waals surface area (Å²) in [6.45, 7) is 2.18. The number of benzene rings is 1. The van der Waals surface area contributed by atoms with Gasteiger partial charge in [0.2, 0.25) is 0 Å². The summed E-state index contributed by atoms with van der Waals surface area (Å²) in [5.41, 5.74) is 1.82. The van der Waals surface area contributed by atoms with Crippen LogP contribution in [0.2, 0.25) is 0 Å². The third kappa shape index (κ3) is 2.70. The van der Waals surface area contributed by atoms with Crippen molar-refractivity contribution in [3.8, 4) is 17.0 Å². The van der Waals surface area contributed by atoms with Gasteiger partial charge in [-0.2, -0.15) is 0 Å². The number of aliphatic imine (C=N–C) groups is 1. The number of aromatic nitrogens is 2. The molecule has 0 atom stereocenters. The zero-order valence-electron chi connectivity index (χ0n) is 10.4. The van der Waals surface area contributed by atoms with Crippen LogP contribution < -0.4 is 10.1 Å². The summed E-state index contributed by atoms with van der Waals surface area (Å²) in [4.78, 5) is 12.5. The molecule has 5 nitrogen and oxygen atoms in total. The third-order valence-corrected chi connectivity index (χ3v) is 2.85. The lowest BCUT2D eigenvalue weighted by molar-refractivity contribution is 0.375. The number of para-hydroxylation sites is 1. The van der Waals surface area contributed by atoms with Crippen molar-refractivity contribution in [3.63, 3.8) is 0 Å². The van der Waals surface area contributed by atoms with E-state index < -0.39 is 0 Å². The molecule has 96 valence electrons. The van der Waals surface area contributed by atoms with Gasteiger partial charge >= 0.3 is 0 Å². The van der Waals surface area contributed by atoms with E-state index in [2.05, 4.69) is 20.3 Å². The van der Waals surface area contributed by atoms with Crippen LogP contribution in [0.15, 0.2) is 47.8 Å². The van der Waals surface area contributed by atoms with Crippen LogP contribution in [0.4, 0.5) is 0 Å². The number of hydrogen-bond donors (Lipinski definition) is 1. The average Bonchev–Trinajstić information content (AvgIpc) is 3.00. The molecule has 2 aromatic rings. The molecule has 1 N–H and O–H groups in total. The molecule has 0 unspecified atom stereocenters. The van der Waals surface area contributed by atoms with Crippen LogP contribution in [-0.4, -0.2) is 35.5 Å². The number of rotatable bonds is 4. The van der Waals surface area contributed by atoms with Crippen molar-refractivity contribution in [2.24, 2.45) is 4.99 Å². The predicted octanol–water partition coefficient (Wildman–Crippen LogP) is 1.52. The molecule has 1 aliphatic heterocycles. The van der Waals surface area contributed by atoms with Gasteiger partial charge in [0.05, 0.1) is 12.2 Å². The highest BCUT2D eigenvalue weighted by Gasteiger charge is 2.09. The first-order valence-corrected chi connectivity index (χ1v) is 6.19. The van der Waals surface area contributed by atoms with E-state index in [1.807, 2.05) is 30.3 Å². The van der Waals surface area contributed by atoms with Gasteiger partial charge in [0.1, 0.15) is 24.5 Å². The fraction of sp³-hybridized carbons (Fsp3) is 0.214. The minimum Gasteiger partial charge on any atom is -0.485 e. The van der Waals surface area contributed by atoms with Crippen LogP contribution in [0, 0.1) is 0 Å². The third-order valence-electron chi connectivity index (χ3n) is 2.85. The Kier molecular flexibility index (Phi) is 3.36. The van der Waals surface area contributed by atoms with Gasteiger partial charge in [-0.25, -0.2) is 9.97 Å². The maximum atomic E-state index is 5.82. The Bertz CT molecular complexity index is 583. The Hall–Kier alpha value is -2.43. The standard InChI is InChI=1S/C14H14N4O/c1-2-4-13(19-9-14-16-7-8-17-14)11(3-1)12-5-6-15-10-18-12/h1-6,10H,7-9H2,(H,16,17). The summed E-state index contributed by atoms with van der Waals surface area (Å²) in [5, 5.41) is 3.19. The second-order valence-corrected chi connectivity index (χ2v) is 4.13. The Balaban J connectivity index is 1.81. The smallest absolute Gasteiger partial charge is 0.145 e. The number of hydrogen-bond acceptors (Lipinski definition) is 5. The molecule has 19 heavy (non-hydrogen) atoms. The number of nitrogens with one attached hydrogen (secondary N) is 1. The normalized spacial score (nSPS) is 13.8. The SMILES string of the molecule is c1ccc(-c2ccncn2)c(OCC2=NCCN2)c1. The van der Waals surface area contributed by atoms with Gasteiger partial charge in [-0.1, -0.05) is 12.1 Å². The first-order chi connectivity index (χ1) is 9.43. The molecule has 0 saturated heterocycles. The fourth-order valence-corrected chi connectivity index (χ4v) is 1.94. The summed E-state index contributed by atoms with van der Waals surface area (Å²) >= 11 is 0. The van der Waals surface area contributed by atoms with E-state index in [0.717, 1.165) is 35.9 Å². The lowest BCUT2D eigenvalue weighted by Gasteiger charge is -2.11. The quantitative estimate of drug-likeness (QED) is 0.898. The van der Waals surface area contributed by atoms with Gasteiger partial charge in [0.25, 0.3) is 0 Å². The second-order valence-electron chi connectivity index (χ2n) is 4.13. The summed E-state index contributed by atoms with van der Waals surface area (Å²) < 4.78 is 5.82. The van der Waals surface area contributed by atoms with E-state index in [0.29, 0.717) is 6.61 Å². The predicted molar refractivity (Wildman–Crippen MR) is 73.3 cm³/mol. The zero-order valence-corrected chi connectivity index (χ0v) is 10.4. The topological polar surface area (TPSA) is 59.4 Å². The second kappa shape index (κ2) is 5.48. The number of nitrogens with zero attached hydrogens (tertiary/aromatic N) is 3. The molecule has 0 radical (unpaired) electrons. The van der Waals surface area contributed by atoms with E-state index in [9.17, 15) is 0 Å². The first kappa shape index (κ1) is 11.6. The van der Waals surface area contributed by atoms with Crippen molar-refractivity contribution >= 4 is 5.84 Å². The van der Waals surface area contributed by atoms with Crippen molar-refractivity contribution in [2.45, 2.75) is 0 Å². The van der Waals surface area contributed by atoms with Crippen LogP contribution in [0.5, 0.6) is 5.75 Å². The summed E-state index contributed by atoms with van der Waals surface area (Å²) in [6, 6.07) is 9.71. The molecule has 5 heteroatoms. The number of amidine groups is 1. The Labute approximate surface area is 111 Å². The van der Waals surface area contributed by atoms with Gasteiger partial charge < -0.3 is 10.1 Å². The molecule has 1 aromatic heterocycles. The van der Waals surface area contributed by atoms with Crippen LogP contribution in [0.3, 0.4) is 0 Å². The minimum absolute atomic E-state index is 0.460. The largest absolute Gasteiger partial charge is 0.485 e. The first-order valence-electron chi connectivity index (χ1n) is 6.19. The molecule has 1 aromatic carbocycles. The maximum Gasteiger partial charge on any atom is 0.145 e. The highest BCUT2D eigenvalue weighted by molar-refractivity contribution is 5.85. The lowest BCUT2D eigenvalue weighted by atomic mass is 10.1. The monoisotopic (exact) mass is 254 g/mol. The van der Waals surface area contributed by atoms with Crippen molar-refractivity contribution in [1.82, 2.24) is 15.3 Å². The van der Waals surface area contributed by atoms with Gasteiger partial charge in [0, 0.05) is 18.3 Å². The molecule has 1 aliphatic rings. The van der Waals surface area contributed by atoms with Gasteiger partial charge in [-0.3, -0.25) is 4.99 Å². The Morgan fingerprint density at radius 1 is 1.21 bits per heavy atom. The molecule has 3 rings (SSSR count). The van der Waals surface area contributed by atoms with Crippen molar-refractivity contribution in [1.29, 1.82) is 0 Å². The molecule has 2 heterocycles. The van der Waals surface area contributed by atoms with Gasteiger partial charge in [-0.15, -0.1) is 0 Å². The van der Waals surface area contributed by atoms with Crippen LogP contribution in [0.25, 0.3) is 11.3 Å². The highest BCUT2D eigenvalue weighted by atomic mass is 16.5. The minimum atomic E-state index is 0.460. The molecule has 0 saturated carbocycles. The number of ether oxygens (including phenoxy) is 1. The van der Waals surface area contributed by atoms with E-state index in [4.69, 9.17) is 4.74 Å². The molecule has 0 amide bonds. The molecule has 0 bridgehead atoms. The van der Waals surface area contributed by atoms with Gasteiger partial charge in [0.15, 0.2) is 0 Å².